The van der Waals surface area contributed by atoms with E-state index in [9.17, 15) is 0 Å². The van der Waals surface area contributed by atoms with Crippen molar-refractivity contribution in [1.82, 2.24) is 0 Å². The van der Waals surface area contributed by atoms with Gasteiger partial charge in [0.15, 0.2) is 0 Å². The second kappa shape index (κ2) is 10.9. The molecule has 3 aromatic rings. The van der Waals surface area contributed by atoms with Crippen molar-refractivity contribution < 1.29 is 9.47 Å². The maximum atomic E-state index is 6.27. The van der Waals surface area contributed by atoms with Crippen molar-refractivity contribution in [2.45, 2.75) is 66.2 Å². The highest BCUT2D eigenvalue weighted by Gasteiger charge is 2.18. The third-order valence-corrected chi connectivity index (χ3v) is 5.50. The zero-order valence-electron chi connectivity index (χ0n) is 18.8. The van der Waals surface area contributed by atoms with Gasteiger partial charge in [0.25, 0.3) is 0 Å². The summed E-state index contributed by atoms with van der Waals surface area (Å²) in [5, 5.41) is 4.42. The summed E-state index contributed by atoms with van der Waals surface area (Å²) in [4.78, 5) is 0. The van der Waals surface area contributed by atoms with Gasteiger partial charge in [0.1, 0.15) is 11.5 Å². The summed E-state index contributed by atoms with van der Waals surface area (Å²) in [6, 6.07) is 12.7. The molecule has 2 heteroatoms. The molecule has 2 nitrogen and oxygen atoms in total. The zero-order chi connectivity index (χ0) is 21.3. The van der Waals surface area contributed by atoms with E-state index in [0.29, 0.717) is 0 Å². The second-order valence-electron chi connectivity index (χ2n) is 7.92. The molecule has 0 aliphatic carbocycles. The third kappa shape index (κ3) is 4.87. The molecule has 0 amide bonds. The molecule has 3 aromatic carbocycles. The molecule has 30 heavy (non-hydrogen) atoms. The topological polar surface area (TPSA) is 18.5 Å². The molecule has 0 radical (unpaired) electrons. The van der Waals surface area contributed by atoms with E-state index >= 15 is 0 Å². The molecule has 0 spiro atoms. The molecule has 0 atom stereocenters. The molecule has 158 valence electrons. The van der Waals surface area contributed by atoms with Gasteiger partial charge in [-0.1, -0.05) is 63.1 Å². The highest BCUT2D eigenvalue weighted by atomic mass is 16.5. The lowest BCUT2D eigenvalue weighted by molar-refractivity contribution is 0.481. The van der Waals surface area contributed by atoms with Crippen molar-refractivity contribution >= 4 is 21.5 Å². The predicted molar refractivity (Wildman–Crippen MR) is 130 cm³/mol. The maximum Gasteiger partial charge on any atom is 0.142 e. The second-order valence-corrected chi connectivity index (χ2v) is 7.92. The lowest BCUT2D eigenvalue weighted by Crippen LogP contribution is -1.95. The summed E-state index contributed by atoms with van der Waals surface area (Å²) in [6.45, 7) is 8.69. The van der Waals surface area contributed by atoms with Crippen molar-refractivity contribution in [3.8, 4) is 11.5 Å². The summed E-state index contributed by atoms with van der Waals surface area (Å²) in [6.07, 6.45) is 14.7. The van der Waals surface area contributed by atoms with Crippen LogP contribution in [-0.4, -0.2) is 0 Å². The number of fused-ring (bicyclic) bond motifs is 2. The number of benzene rings is 3. The van der Waals surface area contributed by atoms with E-state index in [1.165, 1.54) is 36.8 Å². The van der Waals surface area contributed by atoms with E-state index in [2.05, 4.69) is 76.2 Å². The molecule has 0 unspecified atom stereocenters. The fourth-order valence-electron chi connectivity index (χ4n) is 3.84. The van der Waals surface area contributed by atoms with Crippen LogP contribution in [0.25, 0.3) is 21.5 Å². The fraction of sp³-hybridized carbons (Fsp3) is 0.357. The van der Waals surface area contributed by atoms with Gasteiger partial charge in [0, 0.05) is 21.5 Å². The molecule has 0 aliphatic heterocycles. The number of hydrogen-bond donors (Lipinski definition) is 0. The molecule has 0 saturated heterocycles. The van der Waals surface area contributed by atoms with Crippen LogP contribution in [0.15, 0.2) is 61.1 Å². The Balaban J connectivity index is 2.16. The summed E-state index contributed by atoms with van der Waals surface area (Å²) in [5.74, 6) is 1.83. The summed E-state index contributed by atoms with van der Waals surface area (Å²) >= 11 is 0. The number of rotatable bonds is 10. The van der Waals surface area contributed by atoms with Crippen LogP contribution in [0.1, 0.15) is 63.5 Å². The Morgan fingerprint density at radius 2 is 1.10 bits per heavy atom. The number of hydrogen-bond acceptors (Lipinski definition) is 2. The Kier molecular flexibility index (Phi) is 7.96. The summed E-state index contributed by atoms with van der Waals surface area (Å²) in [5.41, 5.74) is 2.38. The average molecular weight is 403 g/mol. The third-order valence-electron chi connectivity index (χ3n) is 5.50. The van der Waals surface area contributed by atoms with Crippen molar-refractivity contribution in [2.24, 2.45) is 0 Å². The van der Waals surface area contributed by atoms with Gasteiger partial charge < -0.3 is 9.47 Å². The first-order valence-electron chi connectivity index (χ1n) is 11.3. The van der Waals surface area contributed by atoms with Crippen LogP contribution in [0.5, 0.6) is 11.5 Å². The normalized spacial score (nSPS) is 11.9. The van der Waals surface area contributed by atoms with Crippen LogP contribution in [0.3, 0.4) is 0 Å². The van der Waals surface area contributed by atoms with Crippen molar-refractivity contribution in [3.63, 3.8) is 0 Å². The lowest BCUT2D eigenvalue weighted by Gasteiger charge is -2.18. The Bertz CT molecular complexity index is 958. The number of ether oxygens (including phenoxy) is 2. The standard InChI is InChI=1S/C28H34O2/c1-5-7-9-11-19-29-27-23-17-13-16-22(4)26(23)28(30-20-12-10-8-6-2)24-18-14-15-21(3)25(24)27/h11-20H,5-10H2,1-4H3/b19-11-,20-12-. The minimum atomic E-state index is 0.914. The molecule has 0 aliphatic rings. The first kappa shape index (κ1) is 22.0. The van der Waals surface area contributed by atoms with E-state index in [1.54, 1.807) is 0 Å². The van der Waals surface area contributed by atoms with E-state index < -0.39 is 0 Å². The molecule has 0 bridgehead atoms. The highest BCUT2D eigenvalue weighted by molar-refractivity contribution is 6.13. The van der Waals surface area contributed by atoms with Gasteiger partial charge in [0.05, 0.1) is 12.5 Å². The molecule has 0 N–H and O–H groups in total. The first-order valence-corrected chi connectivity index (χ1v) is 11.3. The maximum absolute atomic E-state index is 6.27. The molecule has 0 aromatic heterocycles. The van der Waals surface area contributed by atoms with Gasteiger partial charge in [-0.15, -0.1) is 0 Å². The van der Waals surface area contributed by atoms with Gasteiger partial charge in [0.2, 0.25) is 0 Å². The van der Waals surface area contributed by atoms with E-state index in [0.717, 1.165) is 45.9 Å². The number of aryl methyl sites for hydroxylation is 2. The van der Waals surface area contributed by atoms with Crippen molar-refractivity contribution in [2.75, 3.05) is 0 Å². The van der Waals surface area contributed by atoms with Crippen LogP contribution in [-0.2, 0) is 0 Å². The first-order chi connectivity index (χ1) is 14.7. The molecule has 3 rings (SSSR count). The van der Waals surface area contributed by atoms with Crippen LogP contribution >= 0.6 is 0 Å². The number of unbranched alkanes of at least 4 members (excludes halogenated alkanes) is 4. The average Bonchev–Trinajstić information content (AvgIpc) is 2.74. The van der Waals surface area contributed by atoms with Gasteiger partial charge in [-0.3, -0.25) is 0 Å². The predicted octanol–water partition coefficient (Wildman–Crippen LogP) is 8.78. The Labute approximate surface area is 181 Å². The van der Waals surface area contributed by atoms with Crippen LogP contribution < -0.4 is 9.47 Å². The van der Waals surface area contributed by atoms with Gasteiger partial charge in [-0.25, -0.2) is 0 Å². The monoisotopic (exact) mass is 402 g/mol. The number of allylic oxidation sites excluding steroid dienone is 2. The fourth-order valence-corrected chi connectivity index (χ4v) is 3.84. The minimum Gasteiger partial charge on any atom is -0.464 e. The minimum absolute atomic E-state index is 0.914. The molecule has 0 heterocycles. The molecular formula is C28H34O2. The smallest absolute Gasteiger partial charge is 0.142 e. The van der Waals surface area contributed by atoms with Gasteiger partial charge >= 0.3 is 0 Å². The zero-order valence-corrected chi connectivity index (χ0v) is 18.8. The Hall–Kier alpha value is -2.74. The SMILES string of the molecule is CCCC/C=C\Oc1c2cccc(C)c2c(O/C=C\CCCC)c2cccc(C)c12. The van der Waals surface area contributed by atoms with Crippen LogP contribution in [0.2, 0.25) is 0 Å². The largest absolute Gasteiger partial charge is 0.464 e. The van der Waals surface area contributed by atoms with Gasteiger partial charge in [-0.05, 0) is 62.8 Å². The van der Waals surface area contributed by atoms with Crippen LogP contribution in [0.4, 0.5) is 0 Å². The van der Waals surface area contributed by atoms with E-state index in [4.69, 9.17) is 9.47 Å². The van der Waals surface area contributed by atoms with E-state index in [-0.39, 0.29) is 0 Å². The highest BCUT2D eigenvalue weighted by Crippen LogP contribution is 2.45. The van der Waals surface area contributed by atoms with Crippen LogP contribution in [0, 0.1) is 13.8 Å². The Morgan fingerprint density at radius 1 is 0.667 bits per heavy atom. The quantitative estimate of drug-likeness (QED) is 0.192. The molecule has 0 saturated carbocycles. The van der Waals surface area contributed by atoms with Crippen molar-refractivity contribution in [1.29, 1.82) is 0 Å². The summed E-state index contributed by atoms with van der Waals surface area (Å²) in [7, 11) is 0. The van der Waals surface area contributed by atoms with E-state index in [1.807, 2.05) is 12.5 Å². The Morgan fingerprint density at radius 3 is 1.50 bits per heavy atom. The molecule has 0 fully saturated rings. The van der Waals surface area contributed by atoms with Crippen molar-refractivity contribution in [3.05, 3.63) is 72.2 Å². The summed E-state index contributed by atoms with van der Waals surface area (Å²) < 4.78 is 12.5. The lowest BCUT2D eigenvalue weighted by atomic mass is 9.95. The van der Waals surface area contributed by atoms with Gasteiger partial charge in [-0.2, -0.15) is 0 Å². The molecular weight excluding hydrogens is 368 g/mol.